The SMILES string of the molecule is Cc1cc(F)ccc1NC1CCOc2ccccc21. The van der Waals surface area contributed by atoms with Gasteiger partial charge >= 0.3 is 0 Å². The molecule has 1 aliphatic rings. The Balaban J connectivity index is 1.88. The van der Waals surface area contributed by atoms with Gasteiger partial charge in [-0.1, -0.05) is 18.2 Å². The zero-order chi connectivity index (χ0) is 13.2. The molecule has 1 N–H and O–H groups in total. The number of nitrogens with one attached hydrogen (secondary N) is 1. The number of hydrogen-bond acceptors (Lipinski definition) is 2. The molecular weight excluding hydrogens is 241 g/mol. The summed E-state index contributed by atoms with van der Waals surface area (Å²) in [5.74, 6) is 0.737. The Morgan fingerprint density at radius 1 is 1.21 bits per heavy atom. The Bertz CT molecular complexity index is 597. The lowest BCUT2D eigenvalue weighted by Gasteiger charge is -2.28. The number of anilines is 1. The van der Waals surface area contributed by atoms with Crippen LogP contribution in [0.1, 0.15) is 23.6 Å². The highest BCUT2D eigenvalue weighted by molar-refractivity contribution is 5.53. The van der Waals surface area contributed by atoms with Crippen LogP contribution in [-0.4, -0.2) is 6.61 Å². The lowest BCUT2D eigenvalue weighted by Crippen LogP contribution is -2.20. The number of para-hydroxylation sites is 1. The van der Waals surface area contributed by atoms with Crippen LogP contribution >= 0.6 is 0 Å². The fraction of sp³-hybridized carbons (Fsp3) is 0.250. The molecule has 1 aliphatic heterocycles. The summed E-state index contributed by atoms with van der Waals surface area (Å²) in [6.07, 6.45) is 0.911. The van der Waals surface area contributed by atoms with Crippen LogP contribution in [0.3, 0.4) is 0 Å². The lowest BCUT2D eigenvalue weighted by atomic mass is 10.00. The van der Waals surface area contributed by atoms with Crippen molar-refractivity contribution in [3.8, 4) is 5.75 Å². The molecule has 98 valence electrons. The Kier molecular flexibility index (Phi) is 3.11. The van der Waals surface area contributed by atoms with Crippen LogP contribution < -0.4 is 10.1 Å². The topological polar surface area (TPSA) is 21.3 Å². The first-order valence-electron chi connectivity index (χ1n) is 6.48. The van der Waals surface area contributed by atoms with Crippen LogP contribution in [0.25, 0.3) is 0 Å². The van der Waals surface area contributed by atoms with Crippen molar-refractivity contribution in [2.24, 2.45) is 0 Å². The van der Waals surface area contributed by atoms with Crippen molar-refractivity contribution in [3.63, 3.8) is 0 Å². The van der Waals surface area contributed by atoms with E-state index in [9.17, 15) is 4.39 Å². The summed E-state index contributed by atoms with van der Waals surface area (Å²) >= 11 is 0. The Hall–Kier alpha value is -2.03. The van der Waals surface area contributed by atoms with Crippen molar-refractivity contribution >= 4 is 5.69 Å². The number of hydrogen-bond donors (Lipinski definition) is 1. The van der Waals surface area contributed by atoms with Gasteiger partial charge in [0.15, 0.2) is 0 Å². The minimum Gasteiger partial charge on any atom is -0.493 e. The Morgan fingerprint density at radius 3 is 2.89 bits per heavy atom. The number of rotatable bonds is 2. The van der Waals surface area contributed by atoms with Crippen molar-refractivity contribution in [1.29, 1.82) is 0 Å². The van der Waals surface area contributed by atoms with Gasteiger partial charge in [-0.15, -0.1) is 0 Å². The summed E-state index contributed by atoms with van der Waals surface area (Å²) in [6, 6.07) is 13.1. The molecule has 0 aromatic heterocycles. The molecule has 1 atom stereocenters. The molecule has 0 saturated carbocycles. The Labute approximate surface area is 112 Å². The van der Waals surface area contributed by atoms with Gasteiger partial charge in [0.25, 0.3) is 0 Å². The maximum atomic E-state index is 13.1. The smallest absolute Gasteiger partial charge is 0.124 e. The number of aryl methyl sites for hydroxylation is 1. The fourth-order valence-electron chi connectivity index (χ4n) is 2.47. The summed E-state index contributed by atoms with van der Waals surface area (Å²) in [5, 5.41) is 3.49. The van der Waals surface area contributed by atoms with Crippen molar-refractivity contribution < 1.29 is 9.13 Å². The van der Waals surface area contributed by atoms with Gasteiger partial charge in [0, 0.05) is 17.7 Å². The third kappa shape index (κ3) is 2.41. The van der Waals surface area contributed by atoms with E-state index < -0.39 is 0 Å². The lowest BCUT2D eigenvalue weighted by molar-refractivity contribution is 0.274. The van der Waals surface area contributed by atoms with Crippen LogP contribution in [0.2, 0.25) is 0 Å². The molecule has 19 heavy (non-hydrogen) atoms. The molecule has 0 fully saturated rings. The average molecular weight is 257 g/mol. The quantitative estimate of drug-likeness (QED) is 0.875. The second kappa shape index (κ2) is 4.92. The fourth-order valence-corrected chi connectivity index (χ4v) is 2.47. The molecule has 0 saturated heterocycles. The summed E-state index contributed by atoms with van der Waals surface area (Å²) in [7, 11) is 0. The molecule has 0 bridgehead atoms. The summed E-state index contributed by atoms with van der Waals surface area (Å²) in [5.41, 5.74) is 3.06. The average Bonchev–Trinajstić information content (AvgIpc) is 2.42. The summed E-state index contributed by atoms with van der Waals surface area (Å²) in [4.78, 5) is 0. The molecule has 0 amide bonds. The molecule has 0 spiro atoms. The van der Waals surface area contributed by atoms with E-state index in [1.54, 1.807) is 12.1 Å². The number of fused-ring (bicyclic) bond motifs is 1. The molecule has 2 nitrogen and oxygen atoms in total. The molecule has 1 heterocycles. The molecule has 1 unspecified atom stereocenters. The maximum absolute atomic E-state index is 13.1. The van der Waals surface area contributed by atoms with Crippen LogP contribution in [-0.2, 0) is 0 Å². The molecule has 0 aliphatic carbocycles. The van der Waals surface area contributed by atoms with Crippen LogP contribution in [0.5, 0.6) is 5.75 Å². The van der Waals surface area contributed by atoms with Crippen molar-refractivity contribution in [1.82, 2.24) is 0 Å². The number of ether oxygens (including phenoxy) is 1. The highest BCUT2D eigenvalue weighted by Crippen LogP contribution is 2.34. The molecule has 2 aromatic rings. The van der Waals surface area contributed by atoms with Gasteiger partial charge in [0.2, 0.25) is 0 Å². The predicted molar refractivity (Wildman–Crippen MR) is 74.1 cm³/mol. The van der Waals surface area contributed by atoms with Gasteiger partial charge < -0.3 is 10.1 Å². The molecule has 2 aromatic carbocycles. The van der Waals surface area contributed by atoms with Crippen LogP contribution in [0.15, 0.2) is 42.5 Å². The van der Waals surface area contributed by atoms with E-state index in [0.29, 0.717) is 6.61 Å². The zero-order valence-corrected chi connectivity index (χ0v) is 10.8. The van der Waals surface area contributed by atoms with Crippen molar-refractivity contribution in [2.45, 2.75) is 19.4 Å². The van der Waals surface area contributed by atoms with Crippen molar-refractivity contribution in [3.05, 3.63) is 59.4 Å². The molecule has 3 rings (SSSR count). The van der Waals surface area contributed by atoms with Gasteiger partial charge in [-0.2, -0.15) is 0 Å². The van der Waals surface area contributed by atoms with E-state index in [4.69, 9.17) is 4.74 Å². The normalized spacial score (nSPS) is 17.5. The predicted octanol–water partition coefficient (Wildman–Crippen LogP) is 4.07. The first kappa shape index (κ1) is 12.0. The molecule has 3 heteroatoms. The van der Waals surface area contributed by atoms with Crippen LogP contribution in [0.4, 0.5) is 10.1 Å². The van der Waals surface area contributed by atoms with Gasteiger partial charge in [-0.3, -0.25) is 0 Å². The van der Waals surface area contributed by atoms with Gasteiger partial charge in [0.05, 0.1) is 12.6 Å². The van der Waals surface area contributed by atoms with Gasteiger partial charge in [-0.05, 0) is 36.8 Å². The summed E-state index contributed by atoms with van der Waals surface area (Å²) < 4.78 is 18.8. The monoisotopic (exact) mass is 257 g/mol. The van der Waals surface area contributed by atoms with E-state index in [0.717, 1.165) is 29.0 Å². The minimum atomic E-state index is -0.199. The highest BCUT2D eigenvalue weighted by Gasteiger charge is 2.21. The summed E-state index contributed by atoms with van der Waals surface area (Å²) in [6.45, 7) is 2.62. The van der Waals surface area contributed by atoms with E-state index in [1.807, 2.05) is 25.1 Å². The maximum Gasteiger partial charge on any atom is 0.124 e. The van der Waals surface area contributed by atoms with E-state index >= 15 is 0 Å². The van der Waals surface area contributed by atoms with E-state index in [2.05, 4.69) is 11.4 Å². The second-order valence-electron chi connectivity index (χ2n) is 4.83. The number of halogens is 1. The second-order valence-corrected chi connectivity index (χ2v) is 4.83. The third-order valence-electron chi connectivity index (χ3n) is 3.48. The Morgan fingerprint density at radius 2 is 2.05 bits per heavy atom. The first-order valence-corrected chi connectivity index (χ1v) is 6.48. The van der Waals surface area contributed by atoms with E-state index in [1.165, 1.54) is 6.07 Å². The first-order chi connectivity index (χ1) is 9.24. The number of benzene rings is 2. The van der Waals surface area contributed by atoms with Gasteiger partial charge in [0.1, 0.15) is 11.6 Å². The standard InChI is InChI=1S/C16H16FNO/c1-11-10-12(17)6-7-14(11)18-15-8-9-19-16-5-3-2-4-13(15)16/h2-7,10,15,18H,8-9H2,1H3. The van der Waals surface area contributed by atoms with Crippen molar-refractivity contribution in [2.75, 3.05) is 11.9 Å². The van der Waals surface area contributed by atoms with Gasteiger partial charge in [-0.25, -0.2) is 4.39 Å². The van der Waals surface area contributed by atoms with Crippen LogP contribution in [0, 0.1) is 12.7 Å². The molecular formula is C16H16FNO. The largest absolute Gasteiger partial charge is 0.493 e. The van der Waals surface area contributed by atoms with E-state index in [-0.39, 0.29) is 11.9 Å². The highest BCUT2D eigenvalue weighted by atomic mass is 19.1. The minimum absolute atomic E-state index is 0.199. The zero-order valence-electron chi connectivity index (χ0n) is 10.8. The molecule has 0 radical (unpaired) electrons. The third-order valence-corrected chi connectivity index (χ3v) is 3.48.